The van der Waals surface area contributed by atoms with E-state index in [-0.39, 0.29) is 18.8 Å². The number of ether oxygens (including phenoxy) is 1. The Labute approximate surface area is 145 Å². The minimum atomic E-state index is -1.54. The van der Waals surface area contributed by atoms with Crippen molar-refractivity contribution in [1.82, 2.24) is 0 Å². The van der Waals surface area contributed by atoms with Gasteiger partial charge >= 0.3 is 5.97 Å². The molecule has 0 heterocycles. The minimum absolute atomic E-state index is 0. The van der Waals surface area contributed by atoms with E-state index in [1.165, 1.54) is 0 Å². The highest BCUT2D eigenvalue weighted by atomic mass is 19.2. The predicted molar refractivity (Wildman–Crippen MR) is 87.6 cm³/mol. The van der Waals surface area contributed by atoms with Gasteiger partial charge < -0.3 is 4.74 Å². The normalized spacial score (nSPS) is 20.9. The first-order valence-electron chi connectivity index (χ1n) is 7.41. The largest absolute Gasteiger partial charge is 0.460 e. The van der Waals surface area contributed by atoms with Crippen LogP contribution in [-0.2, 0) is 16.1 Å². The Morgan fingerprint density at radius 3 is 2.16 bits per heavy atom. The van der Waals surface area contributed by atoms with Crippen molar-refractivity contribution < 1.29 is 27.1 Å². The molecule has 1 aliphatic rings. The second kappa shape index (κ2) is 7.42. The summed E-state index contributed by atoms with van der Waals surface area (Å²) in [4.78, 5) is 12.1. The van der Waals surface area contributed by atoms with Crippen LogP contribution in [0.1, 0.15) is 32.4 Å². The molecule has 2 rings (SSSR count). The lowest BCUT2D eigenvalue weighted by atomic mass is 10.1. The zero-order chi connectivity index (χ0) is 18.2. The van der Waals surface area contributed by atoms with E-state index in [0.29, 0.717) is 0 Å². The zero-order valence-corrected chi connectivity index (χ0v) is 13.6. The molecule has 2 unspecified atom stereocenters. The average Bonchev–Trinajstić information content (AvgIpc) is 3.09. The van der Waals surface area contributed by atoms with Crippen molar-refractivity contribution in [2.24, 2.45) is 17.3 Å². The third kappa shape index (κ3) is 3.62. The molecule has 1 fully saturated rings. The van der Waals surface area contributed by atoms with Crippen molar-refractivity contribution in [3.8, 4) is 0 Å². The quantitative estimate of drug-likeness (QED) is 0.311. The summed E-state index contributed by atoms with van der Waals surface area (Å²) in [5.74, 6) is -7.31. The van der Waals surface area contributed by atoms with Crippen LogP contribution < -0.4 is 0 Å². The molecule has 0 amide bonds. The van der Waals surface area contributed by atoms with Gasteiger partial charge in [0.05, 0.1) is 11.5 Å². The van der Waals surface area contributed by atoms with Crippen LogP contribution in [0.15, 0.2) is 24.8 Å². The second-order valence-electron chi connectivity index (χ2n) is 6.41. The Morgan fingerprint density at radius 1 is 1.16 bits per heavy atom. The topological polar surface area (TPSA) is 26.3 Å². The standard InChI is InChI=1S/C18H18F4O2.CH4/c1-5-6-7-11-12(18(11,3)4)17(23)24-8-10-15(21)13(19)9(2)14(20)16(10)22;/h5-7,11-12H,1,8H2,2-4H3;1H4. The minimum Gasteiger partial charge on any atom is -0.460 e. The molecular formula is C19H22F4O2. The van der Waals surface area contributed by atoms with Crippen molar-refractivity contribution in [2.45, 2.75) is 34.8 Å². The first kappa shape index (κ1) is 20.9. The molecule has 25 heavy (non-hydrogen) atoms. The van der Waals surface area contributed by atoms with Crippen LogP contribution in [0.2, 0.25) is 0 Å². The maximum absolute atomic E-state index is 13.8. The highest BCUT2D eigenvalue weighted by molar-refractivity contribution is 5.78. The summed E-state index contributed by atoms with van der Waals surface area (Å²) in [5, 5.41) is 0. The van der Waals surface area contributed by atoms with E-state index in [0.717, 1.165) is 6.92 Å². The van der Waals surface area contributed by atoms with Gasteiger partial charge in [-0.2, -0.15) is 0 Å². The third-order valence-corrected chi connectivity index (χ3v) is 4.55. The number of allylic oxidation sites excluding steroid dienone is 3. The molecule has 0 aliphatic heterocycles. The van der Waals surface area contributed by atoms with Gasteiger partial charge in [0, 0.05) is 5.56 Å². The Morgan fingerprint density at radius 2 is 1.68 bits per heavy atom. The molecule has 0 N–H and O–H groups in total. The summed E-state index contributed by atoms with van der Waals surface area (Å²) in [7, 11) is 0. The molecule has 0 saturated heterocycles. The third-order valence-electron chi connectivity index (χ3n) is 4.55. The monoisotopic (exact) mass is 358 g/mol. The Hall–Kier alpha value is -2.11. The summed E-state index contributed by atoms with van der Waals surface area (Å²) in [6.45, 7) is 7.30. The number of hydrogen-bond donors (Lipinski definition) is 0. The van der Waals surface area contributed by atoms with Gasteiger partial charge in [-0.15, -0.1) is 0 Å². The van der Waals surface area contributed by atoms with Crippen molar-refractivity contribution in [3.05, 3.63) is 59.2 Å². The van der Waals surface area contributed by atoms with Crippen molar-refractivity contribution >= 4 is 5.97 Å². The molecule has 1 saturated carbocycles. The van der Waals surface area contributed by atoms with Crippen LogP contribution in [0.4, 0.5) is 17.6 Å². The second-order valence-corrected chi connectivity index (χ2v) is 6.41. The summed E-state index contributed by atoms with van der Waals surface area (Å²) in [6, 6.07) is 0. The van der Waals surface area contributed by atoms with E-state index in [4.69, 9.17) is 4.74 Å². The fraction of sp³-hybridized carbons (Fsp3) is 0.421. The Balaban J connectivity index is 0.00000312. The number of benzene rings is 1. The van der Waals surface area contributed by atoms with Crippen LogP contribution in [0.3, 0.4) is 0 Å². The lowest BCUT2D eigenvalue weighted by Crippen LogP contribution is -2.14. The predicted octanol–water partition coefficient (Wildman–Crippen LogP) is 5.25. The van der Waals surface area contributed by atoms with Crippen LogP contribution in [0, 0.1) is 47.4 Å². The zero-order valence-electron chi connectivity index (χ0n) is 13.6. The smallest absolute Gasteiger partial charge is 0.310 e. The molecule has 6 heteroatoms. The average molecular weight is 358 g/mol. The number of hydrogen-bond acceptors (Lipinski definition) is 2. The van der Waals surface area contributed by atoms with Crippen LogP contribution >= 0.6 is 0 Å². The lowest BCUT2D eigenvalue weighted by molar-refractivity contribution is -0.147. The Bertz CT molecular complexity index is 694. The molecule has 2 nitrogen and oxygen atoms in total. The Kier molecular flexibility index (Phi) is 6.21. The van der Waals surface area contributed by atoms with Gasteiger partial charge in [-0.05, 0) is 18.3 Å². The molecule has 2 atom stereocenters. The van der Waals surface area contributed by atoms with Crippen molar-refractivity contribution in [2.75, 3.05) is 0 Å². The van der Waals surface area contributed by atoms with E-state index < -0.39 is 52.9 Å². The van der Waals surface area contributed by atoms with E-state index in [1.807, 2.05) is 13.8 Å². The molecule has 0 radical (unpaired) electrons. The van der Waals surface area contributed by atoms with Gasteiger partial charge in [-0.1, -0.05) is 46.1 Å². The summed E-state index contributed by atoms with van der Waals surface area (Å²) < 4.78 is 59.5. The molecule has 1 aromatic rings. The van der Waals surface area contributed by atoms with Crippen LogP contribution in [0.25, 0.3) is 0 Å². The van der Waals surface area contributed by atoms with Gasteiger partial charge in [-0.25, -0.2) is 17.6 Å². The maximum atomic E-state index is 13.8. The maximum Gasteiger partial charge on any atom is 0.310 e. The van der Waals surface area contributed by atoms with E-state index >= 15 is 0 Å². The molecule has 1 aliphatic carbocycles. The number of carbonyl (C=O) groups is 1. The first-order valence-corrected chi connectivity index (χ1v) is 7.41. The molecule has 138 valence electrons. The highest BCUT2D eigenvalue weighted by Gasteiger charge is 2.61. The van der Waals surface area contributed by atoms with E-state index in [2.05, 4.69) is 6.58 Å². The van der Waals surface area contributed by atoms with Crippen LogP contribution in [0.5, 0.6) is 0 Å². The molecule has 0 bridgehead atoms. The first-order chi connectivity index (χ1) is 11.1. The van der Waals surface area contributed by atoms with Crippen molar-refractivity contribution in [1.29, 1.82) is 0 Å². The molecule has 1 aromatic carbocycles. The molecular weight excluding hydrogens is 336 g/mol. The van der Waals surface area contributed by atoms with Crippen molar-refractivity contribution in [3.63, 3.8) is 0 Å². The van der Waals surface area contributed by atoms with Gasteiger partial charge in [0.25, 0.3) is 0 Å². The summed E-state index contributed by atoms with van der Waals surface area (Å²) in [5.41, 5.74) is -2.05. The van der Waals surface area contributed by atoms with Gasteiger partial charge in [-0.3, -0.25) is 4.79 Å². The number of esters is 1. The lowest BCUT2D eigenvalue weighted by Gasteiger charge is -2.10. The molecule has 0 aromatic heterocycles. The molecule has 0 spiro atoms. The van der Waals surface area contributed by atoms with E-state index in [9.17, 15) is 22.4 Å². The fourth-order valence-electron chi connectivity index (χ4n) is 2.83. The number of halogens is 4. The van der Waals surface area contributed by atoms with Gasteiger partial charge in [0.15, 0.2) is 23.3 Å². The number of rotatable bonds is 5. The summed E-state index contributed by atoms with van der Waals surface area (Å²) in [6.07, 6.45) is 5.06. The van der Waals surface area contributed by atoms with E-state index in [1.54, 1.807) is 18.2 Å². The van der Waals surface area contributed by atoms with Gasteiger partial charge in [0.1, 0.15) is 6.61 Å². The SMILES string of the molecule is C.C=CC=CC1C(C(=O)OCc2c(F)c(F)c(C)c(F)c2F)C1(C)C. The fourth-order valence-corrected chi connectivity index (χ4v) is 2.83. The van der Waals surface area contributed by atoms with Crippen LogP contribution in [-0.4, -0.2) is 5.97 Å². The highest BCUT2D eigenvalue weighted by Crippen LogP contribution is 2.59. The summed E-state index contributed by atoms with van der Waals surface area (Å²) >= 11 is 0. The van der Waals surface area contributed by atoms with Gasteiger partial charge in [0.2, 0.25) is 0 Å². The number of carbonyl (C=O) groups excluding carboxylic acids is 1.